The van der Waals surface area contributed by atoms with E-state index in [0.29, 0.717) is 43.8 Å². The topological polar surface area (TPSA) is 120 Å². The van der Waals surface area contributed by atoms with Crippen LogP contribution in [0, 0.1) is 29.1 Å². The molecule has 49 heavy (non-hydrogen) atoms. The summed E-state index contributed by atoms with van der Waals surface area (Å²) in [6.07, 6.45) is -4.10. The van der Waals surface area contributed by atoms with Crippen molar-refractivity contribution < 1.29 is 50.5 Å². The number of carbonyl (C=O) groups excluding carboxylic acids is 3. The predicted molar refractivity (Wildman–Crippen MR) is 165 cm³/mol. The average Bonchev–Trinajstić information content (AvgIpc) is 3.55. The van der Waals surface area contributed by atoms with Crippen LogP contribution in [0.15, 0.2) is 18.2 Å². The number of halogens is 5. The van der Waals surface area contributed by atoms with E-state index in [1.807, 2.05) is 0 Å². The maximum Gasteiger partial charge on any atom is 0.573 e. The summed E-state index contributed by atoms with van der Waals surface area (Å²) in [5.41, 5.74) is -1.85. The lowest BCUT2D eigenvalue weighted by atomic mass is 9.85. The van der Waals surface area contributed by atoms with E-state index in [4.69, 9.17) is 9.47 Å². The molecule has 0 radical (unpaired) electrons. The number of amides is 2. The summed E-state index contributed by atoms with van der Waals surface area (Å²) in [5.74, 6) is -5.24. The summed E-state index contributed by atoms with van der Waals surface area (Å²) in [7, 11) is 0. The summed E-state index contributed by atoms with van der Waals surface area (Å²) < 4.78 is 87.2. The molecule has 2 aliphatic heterocycles. The number of nitrogens with one attached hydrogen (secondary N) is 1. The maximum atomic E-state index is 16.1. The van der Waals surface area contributed by atoms with E-state index in [1.165, 1.54) is 4.90 Å². The van der Waals surface area contributed by atoms with Crippen LogP contribution in [-0.4, -0.2) is 70.4 Å². The third kappa shape index (κ3) is 7.26. The molecule has 10 nitrogen and oxygen atoms in total. The number of hydrogen-bond donors (Lipinski definition) is 1. The molecule has 2 bridgehead atoms. The minimum absolute atomic E-state index is 0.00334. The Morgan fingerprint density at radius 2 is 1.80 bits per heavy atom. The van der Waals surface area contributed by atoms with Gasteiger partial charge in [0.05, 0.1) is 23.6 Å². The molecule has 3 fully saturated rings. The van der Waals surface area contributed by atoms with Crippen LogP contribution >= 0.6 is 0 Å². The number of aromatic nitrogens is 2. The lowest BCUT2D eigenvalue weighted by molar-refractivity contribution is -0.274. The van der Waals surface area contributed by atoms with E-state index in [9.17, 15) is 27.6 Å². The van der Waals surface area contributed by atoms with E-state index >= 15 is 8.78 Å². The number of rotatable bonds is 3. The van der Waals surface area contributed by atoms with Crippen LogP contribution in [0.4, 0.5) is 26.7 Å². The van der Waals surface area contributed by atoms with Gasteiger partial charge in [-0.05, 0) is 67.4 Å². The van der Waals surface area contributed by atoms with Crippen LogP contribution in [0.5, 0.6) is 11.6 Å². The van der Waals surface area contributed by atoms with Crippen molar-refractivity contribution >= 4 is 29.3 Å². The fraction of sp³-hybridized carbons (Fsp3) is 0.676. The first-order chi connectivity index (χ1) is 23.0. The number of aldehydes is 1. The zero-order chi connectivity index (χ0) is 35.5. The molecule has 6 rings (SSSR count). The Morgan fingerprint density at radius 3 is 2.47 bits per heavy atom. The van der Waals surface area contributed by atoms with Gasteiger partial charge in [-0.3, -0.25) is 4.79 Å². The van der Waals surface area contributed by atoms with Crippen molar-refractivity contribution in [3.63, 3.8) is 0 Å². The molecule has 3 heterocycles. The zero-order valence-corrected chi connectivity index (χ0v) is 27.8. The number of carbonyl (C=O) groups is 3. The highest BCUT2D eigenvalue weighted by Crippen LogP contribution is 2.58. The van der Waals surface area contributed by atoms with Gasteiger partial charge in [0, 0.05) is 18.4 Å². The second-order valence-electron chi connectivity index (χ2n) is 14.8. The first-order valence-electron chi connectivity index (χ1n) is 16.8. The number of ether oxygens (including phenoxy) is 3. The molecule has 2 aliphatic carbocycles. The van der Waals surface area contributed by atoms with Gasteiger partial charge in [-0.25, -0.2) is 14.8 Å². The Morgan fingerprint density at radius 1 is 1.04 bits per heavy atom. The molecule has 2 saturated carbocycles. The molecule has 0 spiro atoms. The smallest absolute Gasteiger partial charge is 0.471 e. The van der Waals surface area contributed by atoms with Crippen LogP contribution in [0.25, 0.3) is 11.0 Å². The minimum Gasteiger partial charge on any atom is -0.471 e. The van der Waals surface area contributed by atoms with Gasteiger partial charge in [0.15, 0.2) is 5.69 Å². The van der Waals surface area contributed by atoms with Crippen molar-refractivity contribution in [1.29, 1.82) is 0 Å². The summed E-state index contributed by atoms with van der Waals surface area (Å²) in [5, 5.41) is 2.76. The van der Waals surface area contributed by atoms with Gasteiger partial charge in [-0.1, -0.05) is 34.1 Å². The van der Waals surface area contributed by atoms with E-state index in [2.05, 4.69) is 20.0 Å². The second-order valence-corrected chi connectivity index (χ2v) is 14.8. The van der Waals surface area contributed by atoms with Gasteiger partial charge in [0.25, 0.3) is 5.92 Å². The number of nitrogens with zero attached hydrogens (tertiary/aromatic N) is 3. The Labute approximate surface area is 280 Å². The molecule has 1 saturated heterocycles. The van der Waals surface area contributed by atoms with E-state index in [1.54, 1.807) is 27.7 Å². The maximum absolute atomic E-state index is 16.1. The van der Waals surface area contributed by atoms with Crippen molar-refractivity contribution in [1.82, 2.24) is 20.2 Å². The first-order valence-corrected chi connectivity index (χ1v) is 16.8. The standard InChI is InChI=1S/C34H41F5N4O6/c1-5-19-24(16-44)43-15-26(19)47-29-27(40-22-10-9-18(14-23(22)41-29)49-34(37,38)39)33(35,36)11-7-6-8-20-21-12-17(21)13-25(20)48-31(46)42-28(30(43)45)32(2,3)4/h9-10,14,16-17,19-21,24-26,28H,5-8,11-13,15H2,1-4H3,(H,42,46)/t17?,19-,20+,21?,24+,25+,26-,28+/m0/s1. The molecule has 15 heteroatoms. The molecule has 2 amide bonds. The quantitative estimate of drug-likeness (QED) is 0.284. The van der Waals surface area contributed by atoms with Gasteiger partial charge in [0.1, 0.15) is 30.3 Å². The highest BCUT2D eigenvalue weighted by molar-refractivity contribution is 5.89. The SMILES string of the molecule is CC[C@@H]1[C@@H]2CN(C(=O)[C@H](C(C)(C)C)NC(=O)O[C@@H]3CC4CC4[C@H]3CCCCC(F)(F)c3nc4ccc(OC(F)(F)F)cc4nc3O2)[C@@H]1C=O. The van der Waals surface area contributed by atoms with E-state index in [0.717, 1.165) is 24.6 Å². The molecule has 2 aromatic rings. The van der Waals surface area contributed by atoms with Crippen LogP contribution in [-0.2, 0) is 20.2 Å². The molecule has 1 N–H and O–H groups in total. The Hall–Kier alpha value is -3.78. The molecule has 268 valence electrons. The largest absolute Gasteiger partial charge is 0.573 e. The van der Waals surface area contributed by atoms with Gasteiger partial charge in [-0.15, -0.1) is 13.2 Å². The van der Waals surface area contributed by atoms with Crippen molar-refractivity contribution in [2.24, 2.45) is 29.1 Å². The highest BCUT2D eigenvalue weighted by atomic mass is 19.4. The molecule has 8 atom stereocenters. The molecule has 4 aliphatic rings. The summed E-state index contributed by atoms with van der Waals surface area (Å²) >= 11 is 0. The van der Waals surface area contributed by atoms with Crippen molar-refractivity contribution in [2.75, 3.05) is 6.54 Å². The Balaban J connectivity index is 1.41. The summed E-state index contributed by atoms with van der Waals surface area (Å²) in [4.78, 5) is 49.6. The fourth-order valence-electron chi connectivity index (χ4n) is 7.92. The van der Waals surface area contributed by atoms with Crippen LogP contribution < -0.4 is 14.8 Å². The molecular weight excluding hydrogens is 655 g/mol. The summed E-state index contributed by atoms with van der Waals surface area (Å²) in [6, 6.07) is 0.892. The normalized spacial score (nSPS) is 32.1. The Bertz CT molecular complexity index is 1600. The number of alkyl carbamates (subject to hydrolysis) is 1. The van der Waals surface area contributed by atoms with Gasteiger partial charge in [0.2, 0.25) is 11.8 Å². The molecule has 1 aromatic carbocycles. The van der Waals surface area contributed by atoms with E-state index in [-0.39, 0.29) is 29.9 Å². The lowest BCUT2D eigenvalue weighted by Gasteiger charge is -2.35. The van der Waals surface area contributed by atoms with Crippen molar-refractivity contribution in [2.45, 2.75) is 109 Å². The average molecular weight is 697 g/mol. The Kier molecular flexibility index (Phi) is 9.18. The van der Waals surface area contributed by atoms with Gasteiger partial charge < -0.3 is 29.2 Å². The third-order valence-corrected chi connectivity index (χ3v) is 10.4. The van der Waals surface area contributed by atoms with Crippen LogP contribution in [0.2, 0.25) is 0 Å². The number of alkyl halides is 5. The third-order valence-electron chi connectivity index (χ3n) is 10.4. The van der Waals surface area contributed by atoms with Gasteiger partial charge in [-0.2, -0.15) is 8.78 Å². The van der Waals surface area contributed by atoms with Crippen LogP contribution in [0.3, 0.4) is 0 Å². The highest BCUT2D eigenvalue weighted by Gasteiger charge is 2.55. The molecule has 2 unspecified atom stereocenters. The van der Waals surface area contributed by atoms with Crippen LogP contribution in [0.1, 0.15) is 78.3 Å². The van der Waals surface area contributed by atoms with Crippen molar-refractivity contribution in [3.8, 4) is 11.6 Å². The minimum atomic E-state index is -5.00. The monoisotopic (exact) mass is 696 g/mol. The first kappa shape index (κ1) is 35.1. The summed E-state index contributed by atoms with van der Waals surface area (Å²) in [6.45, 7) is 6.84. The van der Waals surface area contributed by atoms with E-state index < -0.39 is 83.7 Å². The molecular formula is C34H41F5N4O6. The lowest BCUT2D eigenvalue weighted by Crippen LogP contribution is -2.56. The van der Waals surface area contributed by atoms with Crippen molar-refractivity contribution in [3.05, 3.63) is 23.9 Å². The number of fused-ring (bicyclic) bond motifs is 7. The van der Waals surface area contributed by atoms with Gasteiger partial charge >= 0.3 is 12.5 Å². The second kappa shape index (κ2) is 12.8. The predicted octanol–water partition coefficient (Wildman–Crippen LogP) is 6.54. The fourth-order valence-corrected chi connectivity index (χ4v) is 7.92. The number of hydrogen-bond acceptors (Lipinski definition) is 8. The zero-order valence-electron chi connectivity index (χ0n) is 27.8. The molecule has 1 aromatic heterocycles. The number of benzene rings is 1.